The van der Waals surface area contributed by atoms with Gasteiger partial charge in [0.25, 0.3) is 0 Å². The molecule has 0 aromatic carbocycles. The Labute approximate surface area is 181 Å². The minimum atomic E-state index is -0.0107. The lowest BCUT2D eigenvalue weighted by molar-refractivity contribution is -0.129. The Morgan fingerprint density at radius 2 is 1.48 bits per heavy atom. The van der Waals surface area contributed by atoms with E-state index in [0.29, 0.717) is 10.8 Å². The van der Waals surface area contributed by atoms with Gasteiger partial charge in [-0.1, -0.05) is 54.4 Å². The first kappa shape index (κ1) is 22.2. The SMILES string of the molecule is CC(C)[C@H](C)CC[C@@H](C)[C@@H]1CC[C@H]2[C@H]3CC[C@H]4C[C@@H](O)CC[C@@]4(C)[C@H]3CC[C@@]21C. The summed E-state index contributed by atoms with van der Waals surface area (Å²) in [6.45, 7) is 15.2. The summed E-state index contributed by atoms with van der Waals surface area (Å²) in [6, 6.07) is 0. The number of hydrogen-bond donors (Lipinski definition) is 1. The van der Waals surface area contributed by atoms with Crippen LogP contribution in [0.4, 0.5) is 0 Å². The van der Waals surface area contributed by atoms with Crippen LogP contribution in [-0.2, 0) is 0 Å². The molecule has 1 nitrogen and oxygen atoms in total. The average Bonchev–Trinajstić information content (AvgIpc) is 3.03. The third-order valence-electron chi connectivity index (χ3n) is 11.6. The highest BCUT2D eigenvalue weighted by Gasteiger charge is 2.60. The van der Waals surface area contributed by atoms with Gasteiger partial charge in [0.05, 0.1) is 6.10 Å². The summed E-state index contributed by atoms with van der Waals surface area (Å²) in [7, 11) is 0. The molecular weight excluding hydrogens is 352 g/mol. The van der Waals surface area contributed by atoms with E-state index in [9.17, 15) is 5.11 Å². The van der Waals surface area contributed by atoms with Crippen molar-refractivity contribution in [2.45, 2.75) is 118 Å². The second kappa shape index (κ2) is 8.14. The van der Waals surface area contributed by atoms with E-state index in [1.54, 1.807) is 0 Å². The summed E-state index contributed by atoms with van der Waals surface area (Å²) in [5.74, 6) is 7.28. The van der Waals surface area contributed by atoms with Crippen LogP contribution in [0, 0.1) is 58.2 Å². The van der Waals surface area contributed by atoms with Gasteiger partial charge in [-0.3, -0.25) is 0 Å². The molecular formula is C28H50O. The molecule has 0 aromatic heterocycles. The summed E-state index contributed by atoms with van der Waals surface area (Å²) in [6.07, 6.45) is 15.1. The lowest BCUT2D eigenvalue weighted by Gasteiger charge is -2.61. The third kappa shape index (κ3) is 3.74. The maximum absolute atomic E-state index is 10.3. The summed E-state index contributed by atoms with van der Waals surface area (Å²) in [4.78, 5) is 0. The molecule has 4 rings (SSSR count). The van der Waals surface area contributed by atoms with Crippen LogP contribution in [0.15, 0.2) is 0 Å². The normalized spacial score (nSPS) is 49.2. The molecule has 0 aliphatic heterocycles. The van der Waals surface area contributed by atoms with Gasteiger partial charge >= 0.3 is 0 Å². The molecule has 0 spiro atoms. The first-order valence-electron chi connectivity index (χ1n) is 13.3. The van der Waals surface area contributed by atoms with Crippen molar-refractivity contribution >= 4 is 0 Å². The highest BCUT2D eigenvalue weighted by Crippen LogP contribution is 2.68. The number of aliphatic hydroxyl groups excluding tert-OH is 1. The predicted molar refractivity (Wildman–Crippen MR) is 124 cm³/mol. The van der Waals surface area contributed by atoms with Crippen LogP contribution in [0.25, 0.3) is 0 Å². The number of aliphatic hydroxyl groups is 1. The van der Waals surface area contributed by atoms with Gasteiger partial charge < -0.3 is 5.11 Å². The lowest BCUT2D eigenvalue weighted by Crippen LogP contribution is -2.54. The second-order valence-corrected chi connectivity index (χ2v) is 13.1. The van der Waals surface area contributed by atoms with Gasteiger partial charge in [-0.05, 0) is 116 Å². The van der Waals surface area contributed by atoms with Crippen molar-refractivity contribution in [1.29, 1.82) is 0 Å². The van der Waals surface area contributed by atoms with Crippen molar-refractivity contribution in [3.05, 3.63) is 0 Å². The quantitative estimate of drug-likeness (QED) is 0.499. The van der Waals surface area contributed by atoms with Gasteiger partial charge in [0.2, 0.25) is 0 Å². The second-order valence-electron chi connectivity index (χ2n) is 13.1. The smallest absolute Gasteiger partial charge is 0.0543 e. The molecule has 4 aliphatic carbocycles. The average molecular weight is 403 g/mol. The molecule has 168 valence electrons. The van der Waals surface area contributed by atoms with Gasteiger partial charge in [-0.15, -0.1) is 0 Å². The third-order valence-corrected chi connectivity index (χ3v) is 11.6. The van der Waals surface area contributed by atoms with E-state index in [2.05, 4.69) is 41.5 Å². The van der Waals surface area contributed by atoms with Crippen molar-refractivity contribution in [3.63, 3.8) is 0 Å². The summed E-state index contributed by atoms with van der Waals surface area (Å²) in [5, 5.41) is 10.3. The van der Waals surface area contributed by atoms with Gasteiger partial charge in [0.15, 0.2) is 0 Å². The zero-order valence-electron chi connectivity index (χ0n) is 20.4. The molecule has 0 aromatic rings. The Balaban J connectivity index is 1.46. The standard InChI is InChI=1S/C28H50O/c1-18(2)19(3)7-8-20(4)24-11-12-25-23-10-9-21-17-22(29)13-15-27(21,5)26(23)14-16-28(24,25)6/h18-26,29H,7-17H2,1-6H3/t19-,20-,21+,22+,23-,24+,25+,26+,27-,28-/m1/s1. The fourth-order valence-electron chi connectivity index (χ4n) is 9.27. The molecule has 1 heteroatoms. The molecule has 0 amide bonds. The molecule has 4 aliphatic rings. The monoisotopic (exact) mass is 402 g/mol. The minimum absolute atomic E-state index is 0.0107. The predicted octanol–water partition coefficient (Wildman–Crippen LogP) is 7.71. The maximum atomic E-state index is 10.3. The minimum Gasteiger partial charge on any atom is -0.393 e. The highest BCUT2D eigenvalue weighted by atomic mass is 16.3. The first-order chi connectivity index (χ1) is 13.7. The van der Waals surface area contributed by atoms with E-state index in [4.69, 9.17) is 0 Å². The van der Waals surface area contributed by atoms with E-state index >= 15 is 0 Å². The van der Waals surface area contributed by atoms with Gasteiger partial charge in [-0.25, -0.2) is 0 Å². The van der Waals surface area contributed by atoms with E-state index in [1.807, 2.05) is 0 Å². The Kier molecular flexibility index (Phi) is 6.22. The van der Waals surface area contributed by atoms with E-state index < -0.39 is 0 Å². The van der Waals surface area contributed by atoms with Crippen LogP contribution >= 0.6 is 0 Å². The lowest BCUT2D eigenvalue weighted by atomic mass is 9.44. The van der Waals surface area contributed by atoms with Gasteiger partial charge in [0, 0.05) is 0 Å². The molecule has 1 N–H and O–H groups in total. The molecule has 0 saturated heterocycles. The van der Waals surface area contributed by atoms with Crippen LogP contribution in [0.5, 0.6) is 0 Å². The van der Waals surface area contributed by atoms with Crippen molar-refractivity contribution in [2.75, 3.05) is 0 Å². The fraction of sp³-hybridized carbons (Fsp3) is 1.00. The molecule has 0 unspecified atom stereocenters. The number of hydrogen-bond acceptors (Lipinski definition) is 1. The highest BCUT2D eigenvalue weighted by molar-refractivity contribution is 5.09. The molecule has 4 fully saturated rings. The zero-order valence-corrected chi connectivity index (χ0v) is 20.4. The van der Waals surface area contributed by atoms with Crippen LogP contribution in [0.1, 0.15) is 112 Å². The van der Waals surface area contributed by atoms with Crippen molar-refractivity contribution in [3.8, 4) is 0 Å². The van der Waals surface area contributed by atoms with Gasteiger partial charge in [-0.2, -0.15) is 0 Å². The molecule has 0 heterocycles. The van der Waals surface area contributed by atoms with Gasteiger partial charge in [0.1, 0.15) is 0 Å². The maximum Gasteiger partial charge on any atom is 0.0543 e. The Hall–Kier alpha value is -0.0400. The van der Waals surface area contributed by atoms with Crippen molar-refractivity contribution in [1.82, 2.24) is 0 Å². The molecule has 4 saturated carbocycles. The summed E-state index contributed by atoms with van der Waals surface area (Å²) < 4.78 is 0. The van der Waals surface area contributed by atoms with Crippen LogP contribution in [-0.4, -0.2) is 11.2 Å². The largest absolute Gasteiger partial charge is 0.393 e. The van der Waals surface area contributed by atoms with Crippen molar-refractivity contribution < 1.29 is 5.11 Å². The van der Waals surface area contributed by atoms with Crippen LogP contribution in [0.2, 0.25) is 0 Å². The van der Waals surface area contributed by atoms with E-state index in [1.165, 1.54) is 57.8 Å². The van der Waals surface area contributed by atoms with E-state index in [-0.39, 0.29) is 6.10 Å². The molecule has 0 bridgehead atoms. The topological polar surface area (TPSA) is 20.2 Å². The van der Waals surface area contributed by atoms with Crippen molar-refractivity contribution in [2.24, 2.45) is 58.2 Å². The Morgan fingerprint density at radius 3 is 2.21 bits per heavy atom. The van der Waals surface area contributed by atoms with Crippen LogP contribution in [0.3, 0.4) is 0 Å². The van der Waals surface area contributed by atoms with Crippen LogP contribution < -0.4 is 0 Å². The number of fused-ring (bicyclic) bond motifs is 5. The molecule has 0 radical (unpaired) electrons. The number of rotatable bonds is 5. The first-order valence-corrected chi connectivity index (χ1v) is 13.3. The van der Waals surface area contributed by atoms with E-state index in [0.717, 1.165) is 60.2 Å². The Bertz CT molecular complexity index is 569. The fourth-order valence-corrected chi connectivity index (χ4v) is 9.27. The molecule has 29 heavy (non-hydrogen) atoms. The zero-order chi connectivity index (χ0) is 21.0. The summed E-state index contributed by atoms with van der Waals surface area (Å²) >= 11 is 0. The Morgan fingerprint density at radius 1 is 0.793 bits per heavy atom. The summed E-state index contributed by atoms with van der Waals surface area (Å²) in [5.41, 5.74) is 1.14. The molecule has 10 atom stereocenters.